The minimum Gasteiger partial charge on any atom is -0.362 e. The molecule has 2 bridgehead atoms. The first-order valence-electron chi connectivity index (χ1n) is 10.9. The van der Waals surface area contributed by atoms with Crippen LogP contribution in [0.5, 0.6) is 0 Å². The highest BCUT2D eigenvalue weighted by molar-refractivity contribution is 6.35. The van der Waals surface area contributed by atoms with Crippen molar-refractivity contribution in [1.29, 1.82) is 0 Å². The van der Waals surface area contributed by atoms with Crippen LogP contribution in [0.3, 0.4) is 0 Å². The van der Waals surface area contributed by atoms with Crippen LogP contribution in [0.15, 0.2) is 24.4 Å². The molecule has 1 aromatic heterocycles. The van der Waals surface area contributed by atoms with Gasteiger partial charge in [-0.3, -0.25) is 4.79 Å². The molecule has 3 unspecified atom stereocenters. The molecule has 3 aliphatic heterocycles. The van der Waals surface area contributed by atoms with Crippen molar-refractivity contribution in [3.63, 3.8) is 0 Å². The van der Waals surface area contributed by atoms with Gasteiger partial charge in [0.05, 0.1) is 30.4 Å². The summed E-state index contributed by atoms with van der Waals surface area (Å²) in [5.74, 6) is 1.42. The predicted octanol–water partition coefficient (Wildman–Crippen LogP) is 4.15. The van der Waals surface area contributed by atoms with Crippen molar-refractivity contribution in [1.82, 2.24) is 20.2 Å². The lowest BCUT2D eigenvalue weighted by molar-refractivity contribution is -0.134. The molecule has 4 atom stereocenters. The Hall–Kier alpha value is -1.80. The van der Waals surface area contributed by atoms with E-state index in [0.717, 1.165) is 37.9 Å². The molecule has 0 spiro atoms. The second-order valence-corrected chi connectivity index (χ2v) is 9.98. The van der Waals surface area contributed by atoms with Crippen molar-refractivity contribution in [3.05, 3.63) is 45.0 Å². The summed E-state index contributed by atoms with van der Waals surface area (Å²) in [5.41, 5.74) is 0.905. The van der Waals surface area contributed by atoms with Crippen molar-refractivity contribution in [3.8, 4) is 0 Å². The van der Waals surface area contributed by atoms with Gasteiger partial charge in [0.1, 0.15) is 5.02 Å². The van der Waals surface area contributed by atoms with E-state index in [2.05, 4.69) is 20.5 Å². The Kier molecular flexibility index (Phi) is 6.09. The number of piperazine rings is 1. The van der Waals surface area contributed by atoms with E-state index in [9.17, 15) is 4.79 Å². The largest absolute Gasteiger partial charge is 0.362 e. The summed E-state index contributed by atoms with van der Waals surface area (Å²) in [7, 11) is 0. The molecule has 1 aromatic carbocycles. The standard InChI is InChI=1S/C22H25Cl3N6O/c1-12(16-5-4-13(23)7-17(16)24)28-20-18(25)9-27-22(29-20)31-11-14-8-15(31)10-30(14)21(32)19-3-2-6-26-19/h4-5,7,9,12,14-15,19,26H,2-3,6,8,10-11H2,1H3,(H,27,28,29)/t12?,14?,15?,19-/m1/s1. The second kappa shape index (κ2) is 8.86. The number of likely N-dealkylation sites (tertiary alicyclic amines) is 1. The molecule has 5 rings (SSSR count). The molecule has 1 amide bonds. The van der Waals surface area contributed by atoms with Crippen molar-refractivity contribution < 1.29 is 4.79 Å². The summed E-state index contributed by atoms with van der Waals surface area (Å²) in [6.45, 7) is 4.38. The van der Waals surface area contributed by atoms with Crippen LogP contribution >= 0.6 is 34.8 Å². The van der Waals surface area contributed by atoms with Gasteiger partial charge in [0, 0.05) is 23.1 Å². The molecule has 0 aliphatic carbocycles. The maximum atomic E-state index is 12.9. The molecule has 2 N–H and O–H groups in total. The topological polar surface area (TPSA) is 73.4 Å². The highest BCUT2D eigenvalue weighted by Crippen LogP contribution is 2.36. The average Bonchev–Trinajstić information content (AvgIpc) is 3.52. The van der Waals surface area contributed by atoms with Crippen LogP contribution in [0.4, 0.5) is 11.8 Å². The number of fused-ring (bicyclic) bond motifs is 2. The van der Waals surface area contributed by atoms with E-state index in [-0.39, 0.29) is 30.1 Å². The van der Waals surface area contributed by atoms with E-state index in [0.29, 0.717) is 33.4 Å². The van der Waals surface area contributed by atoms with Gasteiger partial charge in [0.15, 0.2) is 5.82 Å². The van der Waals surface area contributed by atoms with Crippen LogP contribution < -0.4 is 15.5 Å². The van der Waals surface area contributed by atoms with Gasteiger partial charge in [-0.05, 0) is 50.4 Å². The van der Waals surface area contributed by atoms with E-state index < -0.39 is 0 Å². The maximum Gasteiger partial charge on any atom is 0.240 e. The third-order valence-corrected chi connectivity index (χ3v) is 7.49. The predicted molar refractivity (Wildman–Crippen MR) is 128 cm³/mol. The normalized spacial score (nSPS) is 25.4. The first-order valence-corrected chi connectivity index (χ1v) is 12.1. The number of rotatable bonds is 5. The van der Waals surface area contributed by atoms with Crippen LogP contribution in [-0.2, 0) is 4.79 Å². The van der Waals surface area contributed by atoms with E-state index in [1.165, 1.54) is 0 Å². The molecule has 3 aliphatic rings. The van der Waals surface area contributed by atoms with Crippen molar-refractivity contribution in [2.75, 3.05) is 29.9 Å². The fourth-order valence-electron chi connectivity index (χ4n) is 5.01. The van der Waals surface area contributed by atoms with Gasteiger partial charge in [-0.1, -0.05) is 40.9 Å². The molecule has 3 saturated heterocycles. The first kappa shape index (κ1) is 22.0. The van der Waals surface area contributed by atoms with Gasteiger partial charge in [-0.15, -0.1) is 0 Å². The minimum absolute atomic E-state index is 0.0217. The Morgan fingerprint density at radius 1 is 1.22 bits per heavy atom. The number of anilines is 2. The smallest absolute Gasteiger partial charge is 0.240 e. The zero-order valence-corrected chi connectivity index (χ0v) is 20.0. The molecular formula is C22H25Cl3N6O. The van der Waals surface area contributed by atoms with Gasteiger partial charge >= 0.3 is 0 Å². The molecule has 0 saturated carbocycles. The third-order valence-electron chi connectivity index (χ3n) is 6.65. The molecule has 2 aromatic rings. The number of halogens is 3. The summed E-state index contributed by atoms with van der Waals surface area (Å²) in [5, 5.41) is 8.29. The quantitative estimate of drug-likeness (QED) is 0.649. The van der Waals surface area contributed by atoms with Crippen LogP contribution in [0, 0.1) is 0 Å². The summed E-state index contributed by atoms with van der Waals surface area (Å²) in [4.78, 5) is 26.3. The average molecular weight is 496 g/mol. The highest BCUT2D eigenvalue weighted by atomic mass is 35.5. The Morgan fingerprint density at radius 3 is 2.75 bits per heavy atom. The number of nitrogens with zero attached hydrogens (tertiary/aromatic N) is 4. The van der Waals surface area contributed by atoms with Gasteiger partial charge in [-0.2, -0.15) is 4.98 Å². The molecule has 7 nitrogen and oxygen atoms in total. The highest BCUT2D eigenvalue weighted by Gasteiger charge is 2.47. The minimum atomic E-state index is -0.123. The molecule has 3 fully saturated rings. The monoisotopic (exact) mass is 494 g/mol. The Balaban J connectivity index is 1.29. The molecule has 10 heteroatoms. The lowest BCUT2D eigenvalue weighted by Gasteiger charge is -2.35. The molecule has 32 heavy (non-hydrogen) atoms. The van der Waals surface area contributed by atoms with Crippen LogP contribution in [0.2, 0.25) is 15.1 Å². The van der Waals surface area contributed by atoms with Crippen molar-refractivity contribution >= 4 is 52.5 Å². The Bertz CT molecular complexity index is 1030. The van der Waals surface area contributed by atoms with Crippen molar-refractivity contribution in [2.24, 2.45) is 0 Å². The number of nitrogens with one attached hydrogen (secondary N) is 2. The van der Waals surface area contributed by atoms with Crippen LogP contribution in [0.25, 0.3) is 0 Å². The first-order chi connectivity index (χ1) is 15.4. The number of carbonyl (C=O) groups is 1. The van der Waals surface area contributed by atoms with E-state index in [1.807, 2.05) is 24.0 Å². The Morgan fingerprint density at radius 2 is 2.06 bits per heavy atom. The van der Waals surface area contributed by atoms with E-state index in [1.54, 1.807) is 12.3 Å². The van der Waals surface area contributed by atoms with E-state index in [4.69, 9.17) is 39.8 Å². The van der Waals surface area contributed by atoms with E-state index >= 15 is 0 Å². The maximum absolute atomic E-state index is 12.9. The summed E-state index contributed by atoms with van der Waals surface area (Å²) >= 11 is 18.8. The summed E-state index contributed by atoms with van der Waals surface area (Å²) in [6, 6.07) is 5.71. The molecule has 170 valence electrons. The molecule has 0 radical (unpaired) electrons. The van der Waals surface area contributed by atoms with Crippen molar-refractivity contribution in [2.45, 2.75) is 50.4 Å². The lowest BCUT2D eigenvalue weighted by atomic mass is 10.1. The van der Waals surface area contributed by atoms with Gasteiger partial charge in [-0.25, -0.2) is 4.98 Å². The number of hydrogen-bond donors (Lipinski definition) is 2. The summed E-state index contributed by atoms with van der Waals surface area (Å²) < 4.78 is 0. The number of aromatic nitrogens is 2. The fraction of sp³-hybridized carbons (Fsp3) is 0.500. The number of benzene rings is 1. The summed E-state index contributed by atoms with van der Waals surface area (Å²) in [6.07, 6.45) is 4.57. The molecular weight excluding hydrogens is 471 g/mol. The Labute approximate surface area is 202 Å². The third kappa shape index (κ3) is 4.12. The van der Waals surface area contributed by atoms with Gasteiger partial charge in [0.25, 0.3) is 0 Å². The number of amides is 1. The SMILES string of the molecule is CC(Nc1nc(N2CC3CC2CN3C(=O)[C@H]2CCCN2)ncc1Cl)c1ccc(Cl)cc1Cl. The number of carbonyl (C=O) groups excluding carboxylic acids is 1. The second-order valence-electron chi connectivity index (χ2n) is 8.73. The lowest BCUT2D eigenvalue weighted by Crippen LogP contribution is -2.53. The zero-order chi connectivity index (χ0) is 22.4. The zero-order valence-electron chi connectivity index (χ0n) is 17.7. The van der Waals surface area contributed by atoms with Gasteiger partial charge in [0.2, 0.25) is 11.9 Å². The van der Waals surface area contributed by atoms with Crippen LogP contribution in [-0.4, -0.2) is 58.5 Å². The molecule has 4 heterocycles. The van der Waals surface area contributed by atoms with Gasteiger partial charge < -0.3 is 20.4 Å². The van der Waals surface area contributed by atoms with Crippen LogP contribution in [0.1, 0.15) is 37.8 Å². The fourth-order valence-corrected chi connectivity index (χ4v) is 5.73. The number of hydrogen-bond acceptors (Lipinski definition) is 6.